The molecule has 1 aliphatic heterocycles. The Bertz CT molecular complexity index is 143. The molecule has 1 rings (SSSR count). The lowest BCUT2D eigenvalue weighted by atomic mass is 9.77. The second kappa shape index (κ2) is 4.45. The predicted octanol–water partition coefficient (Wildman–Crippen LogP) is 3.15. The fraction of sp³-hybridized carbons (Fsp3) is 1.00. The number of hydrogen-bond donors (Lipinski definition) is 0. The normalized spacial score (nSPS) is 22.2. The zero-order valence-corrected chi connectivity index (χ0v) is 9.77. The first-order valence-electron chi connectivity index (χ1n) is 5.72. The summed E-state index contributed by atoms with van der Waals surface area (Å²) in [5.41, 5.74) is 0.570. The van der Waals surface area contributed by atoms with E-state index < -0.39 is 0 Å². The number of nitrogens with zero attached hydrogens (tertiary/aromatic N) is 1. The highest BCUT2D eigenvalue weighted by Gasteiger charge is 2.24. The number of likely N-dealkylation sites (tertiary alicyclic amines) is 1. The van der Waals surface area contributed by atoms with Crippen LogP contribution >= 0.6 is 0 Å². The van der Waals surface area contributed by atoms with Gasteiger partial charge in [0.1, 0.15) is 0 Å². The van der Waals surface area contributed by atoms with Crippen LogP contribution in [-0.4, -0.2) is 25.0 Å². The molecule has 0 bridgehead atoms. The SMILES string of the molecule is CCC(C)(C)CC1CCN(C)CC1. The Morgan fingerprint density at radius 2 is 1.77 bits per heavy atom. The largest absolute Gasteiger partial charge is 0.306 e. The topological polar surface area (TPSA) is 3.24 Å². The molecule has 13 heavy (non-hydrogen) atoms. The highest BCUT2D eigenvalue weighted by atomic mass is 15.1. The third-order valence-corrected chi connectivity index (χ3v) is 3.64. The van der Waals surface area contributed by atoms with Crippen molar-refractivity contribution in [2.24, 2.45) is 11.3 Å². The minimum atomic E-state index is 0.570. The second-order valence-corrected chi connectivity index (χ2v) is 5.47. The average Bonchev–Trinajstić information content (AvgIpc) is 2.09. The van der Waals surface area contributed by atoms with Gasteiger partial charge in [-0.05, 0) is 50.7 Å². The summed E-state index contributed by atoms with van der Waals surface area (Å²) >= 11 is 0. The lowest BCUT2D eigenvalue weighted by Crippen LogP contribution is -2.32. The van der Waals surface area contributed by atoms with Crippen LogP contribution in [-0.2, 0) is 0 Å². The van der Waals surface area contributed by atoms with Gasteiger partial charge in [-0.15, -0.1) is 0 Å². The number of hydrogen-bond acceptors (Lipinski definition) is 1. The van der Waals surface area contributed by atoms with Gasteiger partial charge in [-0.25, -0.2) is 0 Å². The van der Waals surface area contributed by atoms with Crippen molar-refractivity contribution in [3.8, 4) is 0 Å². The van der Waals surface area contributed by atoms with E-state index in [1.54, 1.807) is 0 Å². The van der Waals surface area contributed by atoms with Gasteiger partial charge < -0.3 is 4.90 Å². The van der Waals surface area contributed by atoms with E-state index in [4.69, 9.17) is 0 Å². The second-order valence-electron chi connectivity index (χ2n) is 5.47. The van der Waals surface area contributed by atoms with Crippen LogP contribution in [0.15, 0.2) is 0 Å². The molecule has 1 heterocycles. The van der Waals surface area contributed by atoms with Crippen molar-refractivity contribution in [1.29, 1.82) is 0 Å². The summed E-state index contributed by atoms with van der Waals surface area (Å²) in [7, 11) is 2.24. The van der Waals surface area contributed by atoms with E-state index in [1.165, 1.54) is 38.8 Å². The maximum atomic E-state index is 2.45. The van der Waals surface area contributed by atoms with Gasteiger partial charge >= 0.3 is 0 Å². The van der Waals surface area contributed by atoms with Gasteiger partial charge in [0.05, 0.1) is 0 Å². The van der Waals surface area contributed by atoms with Gasteiger partial charge in [0.15, 0.2) is 0 Å². The van der Waals surface area contributed by atoms with Crippen molar-refractivity contribution in [2.45, 2.75) is 46.5 Å². The number of piperidine rings is 1. The Morgan fingerprint density at radius 3 is 2.23 bits per heavy atom. The lowest BCUT2D eigenvalue weighted by Gasteiger charge is -2.34. The van der Waals surface area contributed by atoms with E-state index in [2.05, 4.69) is 32.7 Å². The van der Waals surface area contributed by atoms with Gasteiger partial charge in [0.2, 0.25) is 0 Å². The Labute approximate surface area is 83.5 Å². The first-order valence-corrected chi connectivity index (χ1v) is 5.72. The van der Waals surface area contributed by atoms with Crippen LogP contribution in [0.3, 0.4) is 0 Å². The number of rotatable bonds is 3. The van der Waals surface area contributed by atoms with Gasteiger partial charge in [-0.3, -0.25) is 0 Å². The van der Waals surface area contributed by atoms with Gasteiger partial charge in [0.25, 0.3) is 0 Å². The first kappa shape index (κ1) is 11.0. The molecule has 0 aromatic heterocycles. The van der Waals surface area contributed by atoms with Crippen LogP contribution in [0.1, 0.15) is 46.5 Å². The first-order chi connectivity index (χ1) is 6.03. The zero-order chi connectivity index (χ0) is 9.90. The van der Waals surface area contributed by atoms with Crippen LogP contribution in [0.2, 0.25) is 0 Å². The summed E-state index contributed by atoms with van der Waals surface area (Å²) in [5, 5.41) is 0. The van der Waals surface area contributed by atoms with E-state index in [0.29, 0.717) is 5.41 Å². The molecular formula is C12H25N. The fourth-order valence-corrected chi connectivity index (χ4v) is 2.19. The molecule has 0 amide bonds. The molecule has 0 unspecified atom stereocenters. The van der Waals surface area contributed by atoms with Crippen molar-refractivity contribution in [1.82, 2.24) is 4.90 Å². The van der Waals surface area contributed by atoms with Gasteiger partial charge in [0, 0.05) is 0 Å². The molecule has 0 saturated carbocycles. The smallest absolute Gasteiger partial charge is 0.00191 e. The van der Waals surface area contributed by atoms with Gasteiger partial charge in [-0.1, -0.05) is 27.2 Å². The summed E-state index contributed by atoms with van der Waals surface area (Å²) in [6.07, 6.45) is 5.58. The molecule has 0 aliphatic carbocycles. The third-order valence-electron chi connectivity index (χ3n) is 3.64. The molecule has 0 aromatic rings. The van der Waals surface area contributed by atoms with E-state index in [1.807, 2.05) is 0 Å². The molecule has 78 valence electrons. The highest BCUT2D eigenvalue weighted by molar-refractivity contribution is 4.76. The standard InChI is InChI=1S/C12H25N/c1-5-12(2,3)10-11-6-8-13(4)9-7-11/h11H,5-10H2,1-4H3. The van der Waals surface area contributed by atoms with Crippen molar-refractivity contribution in [3.05, 3.63) is 0 Å². The van der Waals surface area contributed by atoms with Crippen molar-refractivity contribution in [2.75, 3.05) is 20.1 Å². The van der Waals surface area contributed by atoms with Crippen molar-refractivity contribution >= 4 is 0 Å². The molecule has 0 atom stereocenters. The summed E-state index contributed by atoms with van der Waals surface area (Å²) in [6.45, 7) is 9.75. The molecule has 0 radical (unpaired) electrons. The fourth-order valence-electron chi connectivity index (χ4n) is 2.19. The van der Waals surface area contributed by atoms with Gasteiger partial charge in [-0.2, -0.15) is 0 Å². The van der Waals surface area contributed by atoms with E-state index >= 15 is 0 Å². The maximum Gasteiger partial charge on any atom is -0.00191 e. The molecule has 0 N–H and O–H groups in total. The summed E-state index contributed by atoms with van der Waals surface area (Å²) in [5.74, 6) is 0.992. The van der Waals surface area contributed by atoms with E-state index in [9.17, 15) is 0 Å². The Kier molecular flexibility index (Phi) is 3.78. The molecule has 0 spiro atoms. The predicted molar refractivity (Wildman–Crippen MR) is 58.9 cm³/mol. The minimum absolute atomic E-state index is 0.570. The Hall–Kier alpha value is -0.0400. The maximum absolute atomic E-state index is 2.45. The quantitative estimate of drug-likeness (QED) is 0.649. The summed E-state index contributed by atoms with van der Waals surface area (Å²) in [4.78, 5) is 2.45. The summed E-state index contributed by atoms with van der Waals surface area (Å²) < 4.78 is 0. The molecule has 1 fully saturated rings. The minimum Gasteiger partial charge on any atom is -0.306 e. The van der Waals surface area contributed by atoms with Crippen molar-refractivity contribution in [3.63, 3.8) is 0 Å². The summed E-state index contributed by atoms with van der Waals surface area (Å²) in [6, 6.07) is 0. The molecule has 0 aromatic carbocycles. The van der Waals surface area contributed by atoms with Crippen LogP contribution < -0.4 is 0 Å². The molecular weight excluding hydrogens is 158 g/mol. The van der Waals surface area contributed by atoms with Crippen LogP contribution in [0, 0.1) is 11.3 Å². The lowest BCUT2D eigenvalue weighted by molar-refractivity contribution is 0.164. The van der Waals surface area contributed by atoms with Crippen molar-refractivity contribution < 1.29 is 0 Å². The third kappa shape index (κ3) is 3.68. The van der Waals surface area contributed by atoms with E-state index in [0.717, 1.165) is 5.92 Å². The average molecular weight is 183 g/mol. The van der Waals surface area contributed by atoms with Crippen LogP contribution in [0.4, 0.5) is 0 Å². The molecule has 1 nitrogen and oxygen atoms in total. The molecule has 1 saturated heterocycles. The van der Waals surface area contributed by atoms with E-state index in [-0.39, 0.29) is 0 Å². The monoisotopic (exact) mass is 183 g/mol. The highest BCUT2D eigenvalue weighted by Crippen LogP contribution is 2.33. The Morgan fingerprint density at radius 1 is 1.23 bits per heavy atom. The molecule has 1 heteroatoms. The van der Waals surface area contributed by atoms with Crippen LogP contribution in [0.25, 0.3) is 0 Å². The zero-order valence-electron chi connectivity index (χ0n) is 9.77. The molecule has 1 aliphatic rings. The Balaban J connectivity index is 2.30. The van der Waals surface area contributed by atoms with Crippen LogP contribution in [0.5, 0.6) is 0 Å².